The normalized spacial score (nSPS) is 11.1. The van der Waals surface area contributed by atoms with Crippen LogP contribution >= 0.6 is 22.7 Å². The number of imidazole rings is 1. The highest BCUT2D eigenvalue weighted by molar-refractivity contribution is 7.15. The monoisotopic (exact) mass is 305 g/mol. The van der Waals surface area contributed by atoms with Gasteiger partial charge in [-0.1, -0.05) is 0 Å². The molecule has 0 saturated carbocycles. The number of thiazole rings is 1. The van der Waals surface area contributed by atoms with Gasteiger partial charge in [0, 0.05) is 29.7 Å². The number of likely N-dealkylation sites (N-methyl/N-ethyl adjacent to an activating group) is 1. The highest BCUT2D eigenvalue weighted by atomic mass is 32.1. The lowest BCUT2D eigenvalue weighted by molar-refractivity contribution is -0.129. The second kappa shape index (κ2) is 5.38. The molecule has 3 rings (SSSR count). The van der Waals surface area contributed by atoms with Crippen LogP contribution in [0.3, 0.4) is 0 Å². The van der Waals surface area contributed by atoms with E-state index in [0.717, 1.165) is 10.7 Å². The number of thiophene rings is 1. The van der Waals surface area contributed by atoms with E-state index in [9.17, 15) is 4.79 Å². The maximum absolute atomic E-state index is 12.2. The summed E-state index contributed by atoms with van der Waals surface area (Å²) in [5.74, 6) is 0.101. The van der Waals surface area contributed by atoms with Gasteiger partial charge in [0.1, 0.15) is 0 Å². The molecule has 0 aliphatic rings. The summed E-state index contributed by atoms with van der Waals surface area (Å²) < 4.78 is 1.96. The van der Waals surface area contributed by atoms with Crippen LogP contribution in [0.2, 0.25) is 0 Å². The van der Waals surface area contributed by atoms with Gasteiger partial charge in [-0.3, -0.25) is 9.20 Å². The SMILES string of the molecule is Cc1ccsc1CN(C)C(=O)Cc1cn2ccsc2n1. The first kappa shape index (κ1) is 13.3. The average Bonchev–Trinajstić information content (AvgIpc) is 3.06. The van der Waals surface area contributed by atoms with Crippen molar-refractivity contribution in [2.45, 2.75) is 19.9 Å². The van der Waals surface area contributed by atoms with Crippen LogP contribution in [-0.4, -0.2) is 27.2 Å². The van der Waals surface area contributed by atoms with E-state index < -0.39 is 0 Å². The predicted octanol–water partition coefficient (Wildman–Crippen LogP) is 2.97. The first-order chi connectivity index (χ1) is 9.63. The molecule has 1 amide bonds. The summed E-state index contributed by atoms with van der Waals surface area (Å²) in [6, 6.07) is 2.09. The van der Waals surface area contributed by atoms with Crippen LogP contribution in [-0.2, 0) is 17.8 Å². The van der Waals surface area contributed by atoms with Gasteiger partial charge in [-0.25, -0.2) is 4.98 Å². The molecule has 0 N–H and O–H groups in total. The van der Waals surface area contributed by atoms with Crippen molar-refractivity contribution >= 4 is 33.5 Å². The van der Waals surface area contributed by atoms with Crippen molar-refractivity contribution in [3.63, 3.8) is 0 Å². The molecule has 0 aromatic carbocycles. The maximum atomic E-state index is 12.2. The van der Waals surface area contributed by atoms with Gasteiger partial charge in [0.2, 0.25) is 5.91 Å². The van der Waals surface area contributed by atoms with Gasteiger partial charge < -0.3 is 4.90 Å². The van der Waals surface area contributed by atoms with Crippen LogP contribution < -0.4 is 0 Å². The fraction of sp³-hybridized carbons (Fsp3) is 0.286. The van der Waals surface area contributed by atoms with Crippen molar-refractivity contribution in [3.8, 4) is 0 Å². The molecule has 0 bridgehead atoms. The first-order valence-corrected chi connectivity index (χ1v) is 8.07. The number of rotatable bonds is 4. The van der Waals surface area contributed by atoms with Crippen molar-refractivity contribution in [2.75, 3.05) is 7.05 Å². The van der Waals surface area contributed by atoms with Crippen molar-refractivity contribution in [2.24, 2.45) is 0 Å². The zero-order chi connectivity index (χ0) is 14.1. The lowest BCUT2D eigenvalue weighted by Gasteiger charge is -2.16. The minimum atomic E-state index is 0.101. The number of nitrogens with zero attached hydrogens (tertiary/aromatic N) is 3. The maximum Gasteiger partial charge on any atom is 0.228 e. The fourth-order valence-corrected chi connectivity index (χ4v) is 3.70. The third kappa shape index (κ3) is 2.62. The van der Waals surface area contributed by atoms with E-state index in [-0.39, 0.29) is 5.91 Å². The minimum Gasteiger partial charge on any atom is -0.340 e. The summed E-state index contributed by atoms with van der Waals surface area (Å²) in [6.07, 6.45) is 4.24. The fourth-order valence-electron chi connectivity index (χ4n) is 2.02. The Bertz CT molecular complexity index is 712. The second-order valence-corrected chi connectivity index (χ2v) is 6.65. The van der Waals surface area contributed by atoms with Crippen molar-refractivity contribution in [1.29, 1.82) is 0 Å². The standard InChI is InChI=1S/C14H15N3OS2/c1-10-3-5-19-12(10)9-16(2)13(18)7-11-8-17-4-6-20-14(17)15-11/h3-6,8H,7,9H2,1-2H3. The predicted molar refractivity (Wildman–Crippen MR) is 82.3 cm³/mol. The Kier molecular flexibility index (Phi) is 3.58. The molecule has 0 radical (unpaired) electrons. The number of amides is 1. The van der Waals surface area contributed by atoms with Gasteiger partial charge in [0.25, 0.3) is 0 Å². The summed E-state index contributed by atoms with van der Waals surface area (Å²) in [5, 5.41) is 4.05. The zero-order valence-electron chi connectivity index (χ0n) is 11.4. The van der Waals surface area contributed by atoms with E-state index in [4.69, 9.17) is 0 Å². The van der Waals surface area contributed by atoms with E-state index in [1.165, 1.54) is 10.4 Å². The molecule has 0 fully saturated rings. The smallest absolute Gasteiger partial charge is 0.228 e. The van der Waals surface area contributed by atoms with E-state index >= 15 is 0 Å². The molecule has 0 unspecified atom stereocenters. The Labute approximate surface area is 125 Å². The number of fused-ring (bicyclic) bond motifs is 1. The van der Waals surface area contributed by atoms with Gasteiger partial charge in [0.15, 0.2) is 4.96 Å². The first-order valence-electron chi connectivity index (χ1n) is 6.31. The molecule has 0 spiro atoms. The van der Waals surface area contributed by atoms with Crippen LogP contribution in [0.15, 0.2) is 29.2 Å². The topological polar surface area (TPSA) is 37.6 Å². The zero-order valence-corrected chi connectivity index (χ0v) is 13.0. The molecule has 4 nitrogen and oxygen atoms in total. The van der Waals surface area contributed by atoms with Crippen molar-refractivity contribution in [3.05, 3.63) is 45.4 Å². The molecule has 3 aromatic rings. The van der Waals surface area contributed by atoms with Gasteiger partial charge in [0.05, 0.1) is 18.7 Å². The van der Waals surface area contributed by atoms with Crippen LogP contribution in [0.5, 0.6) is 0 Å². The highest BCUT2D eigenvalue weighted by Crippen LogP contribution is 2.18. The Morgan fingerprint density at radius 1 is 1.40 bits per heavy atom. The van der Waals surface area contributed by atoms with E-state index in [2.05, 4.69) is 23.4 Å². The second-order valence-electron chi connectivity index (χ2n) is 4.78. The van der Waals surface area contributed by atoms with Gasteiger partial charge in [-0.15, -0.1) is 22.7 Å². The summed E-state index contributed by atoms with van der Waals surface area (Å²) >= 11 is 3.27. The molecular formula is C14H15N3OS2. The Balaban J connectivity index is 1.66. The minimum absolute atomic E-state index is 0.101. The number of aryl methyl sites for hydroxylation is 1. The molecular weight excluding hydrogens is 290 g/mol. The van der Waals surface area contributed by atoms with Crippen LogP contribution in [0.4, 0.5) is 0 Å². The molecule has 0 atom stereocenters. The number of hydrogen-bond donors (Lipinski definition) is 0. The molecule has 0 saturated heterocycles. The van der Waals surface area contributed by atoms with Gasteiger partial charge in [-0.2, -0.15) is 0 Å². The van der Waals surface area contributed by atoms with E-state index in [1.807, 2.05) is 29.2 Å². The van der Waals surface area contributed by atoms with Crippen LogP contribution in [0.25, 0.3) is 4.96 Å². The third-order valence-electron chi connectivity index (χ3n) is 3.25. The van der Waals surface area contributed by atoms with Crippen molar-refractivity contribution < 1.29 is 4.79 Å². The van der Waals surface area contributed by atoms with E-state index in [0.29, 0.717) is 13.0 Å². The van der Waals surface area contributed by atoms with Gasteiger partial charge in [-0.05, 0) is 23.9 Å². The molecule has 0 aliphatic carbocycles. The highest BCUT2D eigenvalue weighted by Gasteiger charge is 2.14. The molecule has 3 heterocycles. The summed E-state index contributed by atoms with van der Waals surface area (Å²) in [6.45, 7) is 2.75. The molecule has 104 valence electrons. The lowest BCUT2D eigenvalue weighted by atomic mass is 10.2. The molecule has 3 aromatic heterocycles. The number of aromatic nitrogens is 2. The lowest BCUT2D eigenvalue weighted by Crippen LogP contribution is -2.27. The number of hydrogen-bond acceptors (Lipinski definition) is 4. The van der Waals surface area contributed by atoms with Crippen molar-refractivity contribution in [1.82, 2.24) is 14.3 Å². The Morgan fingerprint density at radius 3 is 2.95 bits per heavy atom. The largest absolute Gasteiger partial charge is 0.340 e. The number of carbonyl (C=O) groups is 1. The Morgan fingerprint density at radius 2 is 2.25 bits per heavy atom. The summed E-state index contributed by atoms with van der Waals surface area (Å²) in [5.41, 5.74) is 2.08. The average molecular weight is 305 g/mol. The molecule has 0 aliphatic heterocycles. The van der Waals surface area contributed by atoms with E-state index in [1.54, 1.807) is 27.6 Å². The third-order valence-corrected chi connectivity index (χ3v) is 5.03. The van der Waals surface area contributed by atoms with Crippen LogP contribution in [0, 0.1) is 6.92 Å². The molecule has 20 heavy (non-hydrogen) atoms. The van der Waals surface area contributed by atoms with Crippen LogP contribution in [0.1, 0.15) is 16.1 Å². The molecule has 6 heteroatoms. The van der Waals surface area contributed by atoms with Gasteiger partial charge >= 0.3 is 0 Å². The summed E-state index contributed by atoms with van der Waals surface area (Å²) in [4.78, 5) is 20.6. The Hall–Kier alpha value is -1.66. The number of carbonyl (C=O) groups excluding carboxylic acids is 1. The summed E-state index contributed by atoms with van der Waals surface area (Å²) in [7, 11) is 1.85. The quantitative estimate of drug-likeness (QED) is 0.743.